The molecule has 9 atom stereocenters. The Morgan fingerprint density at radius 3 is 2.45 bits per heavy atom. The molecule has 0 aliphatic heterocycles. The fourth-order valence-electron chi connectivity index (χ4n) is 11.0. The average Bonchev–Trinajstić information content (AvgIpc) is 3.32. The Kier molecular flexibility index (Phi) is 11.7. The molecule has 3 fully saturated rings. The number of hydrogen-bond donors (Lipinski definition) is 1. The van der Waals surface area contributed by atoms with E-state index in [1.165, 1.54) is 51.4 Å². The van der Waals surface area contributed by atoms with Crippen LogP contribution in [0.15, 0.2) is 11.6 Å². The Balaban J connectivity index is 1.32. The predicted molar refractivity (Wildman–Crippen MR) is 185 cm³/mol. The molecule has 0 radical (unpaired) electrons. The SMILES string of the molecule is CCCOC(C)(C)CC(C)(CC)CNC(=O)O[C@H]1CC[C@@]2(C)C(=CCC3C4CCC(C(C)CCCC(C)C)[C@@]4(C)CCC32)C1. The van der Waals surface area contributed by atoms with Gasteiger partial charge in [0.1, 0.15) is 6.10 Å². The zero-order valence-corrected chi connectivity index (χ0v) is 30.7. The number of ether oxygens (including phenoxy) is 2. The second-order valence-corrected chi connectivity index (χ2v) is 17.9. The van der Waals surface area contributed by atoms with Gasteiger partial charge < -0.3 is 14.8 Å². The molecule has 0 saturated heterocycles. The minimum atomic E-state index is -0.243. The number of nitrogens with one attached hydrogen (secondary N) is 1. The van der Waals surface area contributed by atoms with Gasteiger partial charge in [0.05, 0.1) is 5.60 Å². The summed E-state index contributed by atoms with van der Waals surface area (Å²) in [5, 5.41) is 3.15. The van der Waals surface area contributed by atoms with E-state index < -0.39 is 0 Å². The van der Waals surface area contributed by atoms with Crippen LogP contribution >= 0.6 is 0 Å². The molecule has 4 nitrogen and oxygen atoms in total. The van der Waals surface area contributed by atoms with Crippen LogP contribution in [-0.2, 0) is 9.47 Å². The minimum Gasteiger partial charge on any atom is -0.446 e. The monoisotopic (exact) mass is 614 g/mol. The van der Waals surface area contributed by atoms with Crippen LogP contribution in [0.3, 0.4) is 0 Å². The van der Waals surface area contributed by atoms with Crippen LogP contribution < -0.4 is 5.32 Å². The summed E-state index contributed by atoms with van der Waals surface area (Å²) in [4.78, 5) is 13.0. The first-order valence-corrected chi connectivity index (χ1v) is 18.9. The number of carbonyl (C=O) groups excluding carboxylic acids is 1. The molecule has 0 aromatic rings. The highest BCUT2D eigenvalue weighted by atomic mass is 16.6. The molecule has 254 valence electrons. The van der Waals surface area contributed by atoms with Crippen LogP contribution in [0.5, 0.6) is 0 Å². The lowest BCUT2D eigenvalue weighted by atomic mass is 9.47. The molecule has 4 heteroatoms. The van der Waals surface area contributed by atoms with E-state index in [-0.39, 0.29) is 28.6 Å². The van der Waals surface area contributed by atoms with Gasteiger partial charge in [0.25, 0.3) is 0 Å². The molecule has 1 N–H and O–H groups in total. The first-order chi connectivity index (χ1) is 20.7. The van der Waals surface area contributed by atoms with Gasteiger partial charge >= 0.3 is 6.09 Å². The molecule has 0 aromatic carbocycles. The van der Waals surface area contributed by atoms with E-state index in [0.717, 1.165) is 80.6 Å². The Bertz CT molecular complexity index is 987. The van der Waals surface area contributed by atoms with E-state index >= 15 is 0 Å². The largest absolute Gasteiger partial charge is 0.446 e. The van der Waals surface area contributed by atoms with Crippen molar-refractivity contribution in [2.45, 2.75) is 171 Å². The van der Waals surface area contributed by atoms with Crippen LogP contribution in [-0.4, -0.2) is 30.9 Å². The van der Waals surface area contributed by atoms with E-state index in [1.54, 1.807) is 5.57 Å². The third kappa shape index (κ3) is 7.91. The highest BCUT2D eigenvalue weighted by Gasteiger charge is 2.59. The van der Waals surface area contributed by atoms with Gasteiger partial charge in [-0.05, 0) is 130 Å². The average molecular weight is 614 g/mol. The standard InChI is InChI=1S/C40H71NO3/c1-11-24-43-37(6,7)26-38(8,12-2)27-41-36(42)44-31-20-22-39(9)30(25-31)16-17-32-34-19-18-33(29(5)15-13-14-28(3)4)40(34,10)23-21-35(32)39/h16,28-29,31-35H,11-15,17-27H2,1-10H3,(H,41,42)/t29?,31-,32?,33?,34?,35?,38?,39-,40+/m0/s1. The van der Waals surface area contributed by atoms with Crippen molar-refractivity contribution in [3.05, 3.63) is 11.6 Å². The number of allylic oxidation sites excluding steroid dienone is 1. The Morgan fingerprint density at radius 1 is 1.02 bits per heavy atom. The lowest BCUT2D eigenvalue weighted by Crippen LogP contribution is -2.51. The fourth-order valence-corrected chi connectivity index (χ4v) is 11.0. The second-order valence-electron chi connectivity index (χ2n) is 17.9. The molecule has 0 spiro atoms. The van der Waals surface area contributed by atoms with E-state index in [9.17, 15) is 4.79 Å². The number of rotatable bonds is 14. The first-order valence-electron chi connectivity index (χ1n) is 18.9. The molecule has 3 saturated carbocycles. The summed E-state index contributed by atoms with van der Waals surface area (Å²) in [7, 11) is 0. The van der Waals surface area contributed by atoms with Crippen LogP contribution in [0.1, 0.15) is 159 Å². The maximum atomic E-state index is 13.0. The summed E-state index contributed by atoms with van der Waals surface area (Å²) < 4.78 is 12.2. The molecular formula is C40H71NO3. The lowest BCUT2D eigenvalue weighted by molar-refractivity contribution is -0.0586. The molecule has 4 aliphatic rings. The molecule has 6 unspecified atom stereocenters. The Morgan fingerprint density at radius 2 is 1.77 bits per heavy atom. The smallest absolute Gasteiger partial charge is 0.407 e. The van der Waals surface area contributed by atoms with Crippen molar-refractivity contribution in [3.8, 4) is 0 Å². The third-order valence-corrected chi connectivity index (χ3v) is 13.6. The lowest BCUT2D eigenvalue weighted by Gasteiger charge is -2.58. The van der Waals surface area contributed by atoms with E-state index in [1.807, 2.05) is 0 Å². The summed E-state index contributed by atoms with van der Waals surface area (Å²) >= 11 is 0. The summed E-state index contributed by atoms with van der Waals surface area (Å²) in [5.74, 6) is 5.13. The fraction of sp³-hybridized carbons (Fsp3) is 0.925. The van der Waals surface area contributed by atoms with Crippen molar-refractivity contribution in [1.29, 1.82) is 0 Å². The maximum absolute atomic E-state index is 13.0. The predicted octanol–water partition coefficient (Wildman–Crippen LogP) is 11.1. The third-order valence-electron chi connectivity index (χ3n) is 13.6. The molecule has 4 aliphatic carbocycles. The van der Waals surface area contributed by atoms with Crippen molar-refractivity contribution in [1.82, 2.24) is 5.32 Å². The van der Waals surface area contributed by atoms with Gasteiger partial charge in [-0.3, -0.25) is 0 Å². The number of carbonyl (C=O) groups is 1. The van der Waals surface area contributed by atoms with Crippen molar-refractivity contribution < 1.29 is 14.3 Å². The van der Waals surface area contributed by atoms with Crippen molar-refractivity contribution in [2.24, 2.45) is 51.8 Å². The van der Waals surface area contributed by atoms with Crippen LogP contribution in [0.2, 0.25) is 0 Å². The topological polar surface area (TPSA) is 47.6 Å². The minimum absolute atomic E-state index is 0.000470. The molecule has 0 heterocycles. The Labute approximate surface area is 272 Å². The molecular weight excluding hydrogens is 542 g/mol. The zero-order valence-electron chi connectivity index (χ0n) is 30.7. The molecule has 1 amide bonds. The highest BCUT2D eigenvalue weighted by Crippen LogP contribution is 2.67. The van der Waals surface area contributed by atoms with Crippen molar-refractivity contribution in [2.75, 3.05) is 13.2 Å². The number of alkyl carbamates (subject to hydrolysis) is 1. The zero-order chi connectivity index (χ0) is 32.3. The molecule has 44 heavy (non-hydrogen) atoms. The van der Waals surface area contributed by atoms with Crippen LogP contribution in [0.4, 0.5) is 4.79 Å². The summed E-state index contributed by atoms with van der Waals surface area (Å²) in [6.45, 7) is 24.9. The summed E-state index contributed by atoms with van der Waals surface area (Å²) in [6, 6.07) is 0. The second kappa shape index (κ2) is 14.4. The molecule has 0 aromatic heterocycles. The van der Waals surface area contributed by atoms with Gasteiger partial charge in [-0.1, -0.05) is 86.3 Å². The van der Waals surface area contributed by atoms with Gasteiger partial charge in [-0.25, -0.2) is 4.79 Å². The van der Waals surface area contributed by atoms with Crippen LogP contribution in [0, 0.1) is 51.8 Å². The van der Waals surface area contributed by atoms with Gasteiger partial charge in [0.2, 0.25) is 0 Å². The van der Waals surface area contributed by atoms with Crippen LogP contribution in [0.25, 0.3) is 0 Å². The molecule has 4 rings (SSSR count). The van der Waals surface area contributed by atoms with Gasteiger partial charge in [0, 0.05) is 19.6 Å². The van der Waals surface area contributed by atoms with Gasteiger partial charge in [-0.2, -0.15) is 0 Å². The summed E-state index contributed by atoms with van der Waals surface area (Å²) in [6.07, 6.45) is 19.5. The number of fused-ring (bicyclic) bond motifs is 5. The van der Waals surface area contributed by atoms with Gasteiger partial charge in [0.15, 0.2) is 0 Å². The van der Waals surface area contributed by atoms with E-state index in [4.69, 9.17) is 9.47 Å². The normalized spacial score (nSPS) is 35.6. The highest BCUT2D eigenvalue weighted by molar-refractivity contribution is 5.67. The van der Waals surface area contributed by atoms with Crippen molar-refractivity contribution in [3.63, 3.8) is 0 Å². The maximum Gasteiger partial charge on any atom is 0.407 e. The number of amides is 1. The Hall–Kier alpha value is -1.03. The quantitative estimate of drug-likeness (QED) is 0.198. The molecule has 0 bridgehead atoms. The first kappa shape index (κ1) is 35.8. The van der Waals surface area contributed by atoms with Crippen molar-refractivity contribution >= 4 is 6.09 Å². The number of hydrogen-bond acceptors (Lipinski definition) is 3. The van der Waals surface area contributed by atoms with Gasteiger partial charge in [-0.15, -0.1) is 0 Å². The van der Waals surface area contributed by atoms with E-state index in [2.05, 4.69) is 80.6 Å². The summed E-state index contributed by atoms with van der Waals surface area (Å²) in [5.41, 5.74) is 2.18. The van der Waals surface area contributed by atoms with E-state index in [0.29, 0.717) is 12.0 Å².